The van der Waals surface area contributed by atoms with Crippen LogP contribution in [0.3, 0.4) is 0 Å². The highest BCUT2D eigenvalue weighted by Gasteiger charge is 2.15. The lowest BCUT2D eigenvalue weighted by molar-refractivity contribution is 1.03. The van der Waals surface area contributed by atoms with E-state index in [1.165, 1.54) is 5.39 Å². The topological polar surface area (TPSA) is 66.3 Å². The van der Waals surface area contributed by atoms with Gasteiger partial charge in [-0.1, -0.05) is 36.4 Å². The van der Waals surface area contributed by atoms with E-state index in [4.69, 9.17) is 5.26 Å². The van der Waals surface area contributed by atoms with Crippen molar-refractivity contribution in [2.75, 3.05) is 7.05 Å². The summed E-state index contributed by atoms with van der Waals surface area (Å²) in [4.78, 5) is 12.6. The smallest absolute Gasteiger partial charge is 0.145 e. The third-order valence-corrected chi connectivity index (χ3v) is 3.89. The van der Waals surface area contributed by atoms with Crippen molar-refractivity contribution >= 4 is 23.3 Å². The predicted molar refractivity (Wildman–Crippen MR) is 102 cm³/mol. The summed E-state index contributed by atoms with van der Waals surface area (Å²) < 4.78 is 1.88. The Hall–Kier alpha value is -3.52. The first-order valence-corrected chi connectivity index (χ1v) is 7.80. The first-order chi connectivity index (χ1) is 12.3. The molecule has 3 rings (SSSR count). The number of benzene rings is 2. The molecule has 0 aliphatic rings. The van der Waals surface area contributed by atoms with E-state index in [0.717, 1.165) is 22.5 Å². The van der Waals surface area contributed by atoms with Crippen LogP contribution in [-0.2, 0) is 6.42 Å². The second-order valence-corrected chi connectivity index (χ2v) is 5.39. The van der Waals surface area contributed by atoms with Crippen molar-refractivity contribution in [1.82, 2.24) is 9.55 Å². The Morgan fingerprint density at radius 2 is 2.08 bits per heavy atom. The van der Waals surface area contributed by atoms with Gasteiger partial charge in [-0.3, -0.25) is 14.6 Å². The van der Waals surface area contributed by atoms with Gasteiger partial charge in [-0.05, 0) is 29.6 Å². The summed E-state index contributed by atoms with van der Waals surface area (Å²) in [6, 6.07) is 16.5. The second-order valence-electron chi connectivity index (χ2n) is 5.39. The Labute approximate surface area is 146 Å². The van der Waals surface area contributed by atoms with E-state index < -0.39 is 0 Å². The van der Waals surface area contributed by atoms with Crippen LogP contribution < -0.4 is 0 Å². The number of aliphatic imine (C=N–C) groups is 2. The molecule has 0 bridgehead atoms. The average molecular weight is 327 g/mol. The zero-order chi connectivity index (χ0) is 17.6. The number of fused-ring (bicyclic) bond motifs is 1. The number of aromatic nitrogens is 2. The van der Waals surface area contributed by atoms with Crippen LogP contribution in [0, 0.1) is 11.3 Å². The van der Waals surface area contributed by atoms with Crippen molar-refractivity contribution in [3.05, 3.63) is 66.6 Å². The van der Waals surface area contributed by atoms with E-state index in [0.29, 0.717) is 5.84 Å². The lowest BCUT2D eigenvalue weighted by Crippen LogP contribution is -2.14. The number of allylic oxidation sites excluding steroid dienone is 1. The molecule has 0 N–H and O–H groups in total. The maximum absolute atomic E-state index is 9.12. The van der Waals surface area contributed by atoms with E-state index >= 15 is 0 Å². The molecule has 0 atom stereocenters. The van der Waals surface area contributed by atoms with Gasteiger partial charge in [0.1, 0.15) is 11.7 Å². The predicted octanol–water partition coefficient (Wildman–Crippen LogP) is 3.86. The van der Waals surface area contributed by atoms with E-state index in [-0.39, 0.29) is 6.42 Å². The molecule has 0 fully saturated rings. The van der Waals surface area contributed by atoms with Crippen molar-refractivity contribution in [2.45, 2.75) is 6.42 Å². The molecule has 2 aromatic carbocycles. The van der Waals surface area contributed by atoms with Crippen LogP contribution in [0.15, 0.2) is 70.9 Å². The molecule has 122 valence electrons. The Morgan fingerprint density at radius 1 is 1.28 bits per heavy atom. The van der Waals surface area contributed by atoms with Gasteiger partial charge >= 0.3 is 0 Å². The van der Waals surface area contributed by atoms with Crippen molar-refractivity contribution < 1.29 is 0 Å². The maximum atomic E-state index is 9.12. The summed E-state index contributed by atoms with van der Waals surface area (Å²) in [6.45, 7) is 3.45. The SMILES string of the molecule is C=N/C=C\C(=N/C)n1c(CC#N)cnc1-c1ccc2ccccc2c1. The molecule has 0 aliphatic carbocycles. The van der Waals surface area contributed by atoms with Gasteiger partial charge in [0.2, 0.25) is 0 Å². The number of rotatable bonds is 4. The Balaban J connectivity index is 2.19. The van der Waals surface area contributed by atoms with Gasteiger partial charge in [0.25, 0.3) is 0 Å². The second kappa shape index (κ2) is 7.37. The molecule has 5 heteroatoms. The van der Waals surface area contributed by atoms with Crippen molar-refractivity contribution in [3.8, 4) is 17.5 Å². The Bertz CT molecular complexity index is 1020. The normalized spacial score (nSPS) is 11.8. The van der Waals surface area contributed by atoms with Gasteiger partial charge in [-0.25, -0.2) is 4.98 Å². The summed E-state index contributed by atoms with van der Waals surface area (Å²) in [6.07, 6.45) is 5.28. The van der Waals surface area contributed by atoms with Crippen LogP contribution >= 0.6 is 0 Å². The van der Waals surface area contributed by atoms with Crippen molar-refractivity contribution in [2.24, 2.45) is 9.98 Å². The highest BCUT2D eigenvalue weighted by Crippen LogP contribution is 2.25. The molecule has 0 spiro atoms. The zero-order valence-electron chi connectivity index (χ0n) is 13.9. The maximum Gasteiger partial charge on any atom is 0.145 e. The number of nitriles is 1. The molecule has 1 aromatic heterocycles. The molecular weight excluding hydrogens is 310 g/mol. The fraction of sp³-hybridized carbons (Fsp3) is 0.100. The van der Waals surface area contributed by atoms with E-state index in [2.05, 4.69) is 52.0 Å². The first kappa shape index (κ1) is 16.3. The summed E-state index contributed by atoms with van der Waals surface area (Å²) >= 11 is 0. The number of nitrogens with zero attached hydrogens (tertiary/aromatic N) is 5. The monoisotopic (exact) mass is 327 g/mol. The fourth-order valence-corrected chi connectivity index (χ4v) is 2.75. The van der Waals surface area contributed by atoms with Crippen LogP contribution in [0.25, 0.3) is 22.2 Å². The van der Waals surface area contributed by atoms with Gasteiger partial charge < -0.3 is 0 Å². The third-order valence-electron chi connectivity index (χ3n) is 3.89. The molecule has 0 aliphatic heterocycles. The minimum Gasteiger partial charge on any atom is -0.280 e. The molecule has 25 heavy (non-hydrogen) atoms. The van der Waals surface area contributed by atoms with E-state index in [1.807, 2.05) is 22.8 Å². The minimum atomic E-state index is 0.245. The molecule has 0 saturated heterocycles. The largest absolute Gasteiger partial charge is 0.280 e. The molecule has 5 nitrogen and oxygen atoms in total. The molecule has 0 amide bonds. The summed E-state index contributed by atoms with van der Waals surface area (Å²) in [5.41, 5.74) is 1.74. The quantitative estimate of drug-likeness (QED) is 0.539. The molecule has 0 radical (unpaired) electrons. The minimum absolute atomic E-state index is 0.245. The van der Waals surface area contributed by atoms with Crippen LogP contribution in [0.2, 0.25) is 0 Å². The van der Waals surface area contributed by atoms with Crippen molar-refractivity contribution in [1.29, 1.82) is 5.26 Å². The van der Waals surface area contributed by atoms with Crippen LogP contribution in [0.4, 0.5) is 0 Å². The van der Waals surface area contributed by atoms with E-state index in [9.17, 15) is 0 Å². The summed E-state index contributed by atoms with van der Waals surface area (Å²) in [5.74, 6) is 1.39. The van der Waals surface area contributed by atoms with Crippen LogP contribution in [0.1, 0.15) is 5.69 Å². The van der Waals surface area contributed by atoms with Gasteiger partial charge in [-0.15, -0.1) is 0 Å². The summed E-state index contributed by atoms with van der Waals surface area (Å²) in [7, 11) is 1.70. The van der Waals surface area contributed by atoms with Gasteiger partial charge in [0, 0.05) is 18.8 Å². The lowest BCUT2D eigenvalue weighted by atomic mass is 10.1. The highest BCUT2D eigenvalue weighted by atomic mass is 15.1. The fourth-order valence-electron chi connectivity index (χ4n) is 2.75. The lowest BCUT2D eigenvalue weighted by Gasteiger charge is -2.11. The van der Waals surface area contributed by atoms with E-state index in [1.54, 1.807) is 25.5 Å². The standard InChI is InChI=1S/C20H17N5/c1-22-12-10-19(23-2)25-18(9-11-21)14-24-20(25)17-8-7-15-5-3-4-6-16(15)13-17/h3-8,10,12-14H,1,9H2,2H3/b12-10-,23-19+. The number of hydrogen-bond donors (Lipinski definition) is 0. The van der Waals surface area contributed by atoms with Crippen LogP contribution in [-0.4, -0.2) is 29.2 Å². The molecular formula is C20H17N5. The third kappa shape index (κ3) is 3.24. The van der Waals surface area contributed by atoms with Gasteiger partial charge in [0.05, 0.1) is 24.4 Å². The molecule has 0 unspecified atom stereocenters. The number of hydrogen-bond acceptors (Lipinski definition) is 4. The Morgan fingerprint density at radius 3 is 2.80 bits per heavy atom. The average Bonchev–Trinajstić information content (AvgIpc) is 3.06. The van der Waals surface area contributed by atoms with Crippen LogP contribution in [0.5, 0.6) is 0 Å². The zero-order valence-corrected chi connectivity index (χ0v) is 13.9. The van der Waals surface area contributed by atoms with Gasteiger partial charge in [0.15, 0.2) is 0 Å². The first-order valence-electron chi connectivity index (χ1n) is 7.80. The van der Waals surface area contributed by atoms with Gasteiger partial charge in [-0.2, -0.15) is 5.26 Å². The van der Waals surface area contributed by atoms with Crippen molar-refractivity contribution in [3.63, 3.8) is 0 Å². The summed E-state index contributed by atoms with van der Waals surface area (Å²) in [5, 5.41) is 11.4. The highest BCUT2D eigenvalue weighted by molar-refractivity contribution is 5.98. The Kier molecular flexibility index (Phi) is 4.82. The molecule has 3 aromatic rings. The molecule has 0 saturated carbocycles. The molecule has 1 heterocycles. The number of imidazole rings is 1.